The van der Waals surface area contributed by atoms with E-state index >= 15 is 0 Å². The average molecular weight is 372 g/mol. The molecule has 1 fully saturated rings. The van der Waals surface area contributed by atoms with Gasteiger partial charge in [-0.2, -0.15) is 0 Å². The maximum absolute atomic E-state index is 11.7. The van der Waals surface area contributed by atoms with Gasteiger partial charge in [-0.15, -0.1) is 11.6 Å². The Morgan fingerprint density at radius 2 is 2.38 bits per heavy atom. The second-order valence-electron chi connectivity index (χ2n) is 5.30. The summed E-state index contributed by atoms with van der Waals surface area (Å²) in [5, 5.41) is 2.75. The van der Waals surface area contributed by atoms with E-state index in [1.165, 1.54) is 0 Å². The molecule has 2 heterocycles. The zero-order valence-corrected chi connectivity index (χ0v) is 14.0. The predicted octanol–water partition coefficient (Wildman–Crippen LogP) is 3.02. The van der Waals surface area contributed by atoms with Gasteiger partial charge in [0.15, 0.2) is 5.65 Å². The van der Waals surface area contributed by atoms with Gasteiger partial charge in [-0.05, 0) is 41.8 Å². The Balaban J connectivity index is 1.81. The number of halogens is 2. The fourth-order valence-corrected chi connectivity index (χ4v) is 2.79. The van der Waals surface area contributed by atoms with Crippen molar-refractivity contribution in [3.05, 3.63) is 22.6 Å². The Morgan fingerprint density at radius 1 is 1.62 bits per heavy atom. The molecule has 1 aliphatic carbocycles. The van der Waals surface area contributed by atoms with Gasteiger partial charge in [0.05, 0.1) is 5.38 Å². The summed E-state index contributed by atoms with van der Waals surface area (Å²) in [6, 6.07) is 1.92. The SMILES string of the molecule is CC(Cl)c1nc2cc(Br)cnc2n1CCNC(=O)C1CC1. The van der Waals surface area contributed by atoms with E-state index in [9.17, 15) is 4.79 Å². The first-order valence-corrected chi connectivity index (χ1v) is 8.22. The van der Waals surface area contributed by atoms with Crippen LogP contribution in [0.3, 0.4) is 0 Å². The molecule has 2 aromatic rings. The molecule has 1 amide bonds. The van der Waals surface area contributed by atoms with E-state index in [2.05, 4.69) is 31.2 Å². The van der Waals surface area contributed by atoms with Crippen molar-refractivity contribution in [2.24, 2.45) is 5.92 Å². The first-order valence-electron chi connectivity index (χ1n) is 6.99. The van der Waals surface area contributed by atoms with Gasteiger partial charge in [-0.25, -0.2) is 9.97 Å². The maximum Gasteiger partial charge on any atom is 0.223 e. The van der Waals surface area contributed by atoms with Gasteiger partial charge in [-0.1, -0.05) is 0 Å². The van der Waals surface area contributed by atoms with Gasteiger partial charge in [-0.3, -0.25) is 4.79 Å². The molecule has 5 nitrogen and oxygen atoms in total. The second kappa shape index (κ2) is 5.93. The summed E-state index contributed by atoms with van der Waals surface area (Å²) in [5.41, 5.74) is 1.60. The van der Waals surface area contributed by atoms with E-state index in [4.69, 9.17) is 11.6 Å². The van der Waals surface area contributed by atoms with Crippen LogP contribution in [-0.4, -0.2) is 27.0 Å². The molecule has 7 heteroatoms. The summed E-state index contributed by atoms with van der Waals surface area (Å²) in [6.45, 7) is 3.07. The van der Waals surface area contributed by atoms with Gasteiger partial charge in [0.25, 0.3) is 0 Å². The van der Waals surface area contributed by atoms with Crippen LogP contribution >= 0.6 is 27.5 Å². The summed E-state index contributed by atoms with van der Waals surface area (Å²) >= 11 is 9.61. The molecule has 0 aromatic carbocycles. The lowest BCUT2D eigenvalue weighted by Gasteiger charge is -2.10. The number of alkyl halides is 1. The smallest absolute Gasteiger partial charge is 0.223 e. The normalized spacial score (nSPS) is 16.1. The summed E-state index contributed by atoms with van der Waals surface area (Å²) < 4.78 is 2.86. The van der Waals surface area contributed by atoms with Gasteiger partial charge in [0.1, 0.15) is 11.3 Å². The van der Waals surface area contributed by atoms with Crippen LogP contribution < -0.4 is 5.32 Å². The highest BCUT2D eigenvalue weighted by Gasteiger charge is 2.29. The lowest BCUT2D eigenvalue weighted by molar-refractivity contribution is -0.122. The van der Waals surface area contributed by atoms with Crippen molar-refractivity contribution < 1.29 is 4.79 Å². The summed E-state index contributed by atoms with van der Waals surface area (Å²) in [4.78, 5) is 20.6. The van der Waals surface area contributed by atoms with E-state index in [0.29, 0.717) is 13.1 Å². The number of amides is 1. The number of nitrogens with one attached hydrogen (secondary N) is 1. The molecular formula is C14H16BrClN4O. The minimum atomic E-state index is -0.211. The lowest BCUT2D eigenvalue weighted by atomic mass is 10.4. The molecule has 1 saturated carbocycles. The van der Waals surface area contributed by atoms with E-state index in [-0.39, 0.29) is 17.2 Å². The number of nitrogens with zero attached hydrogens (tertiary/aromatic N) is 3. The highest BCUT2D eigenvalue weighted by molar-refractivity contribution is 9.10. The molecule has 3 rings (SSSR count). The molecular weight excluding hydrogens is 356 g/mol. The number of imidazole rings is 1. The molecule has 0 radical (unpaired) electrons. The van der Waals surface area contributed by atoms with Crippen LogP contribution in [0.25, 0.3) is 11.2 Å². The number of carbonyl (C=O) groups is 1. The second-order valence-corrected chi connectivity index (χ2v) is 6.87. The predicted molar refractivity (Wildman–Crippen MR) is 85.2 cm³/mol. The van der Waals surface area contributed by atoms with E-state index < -0.39 is 0 Å². The molecule has 1 unspecified atom stereocenters. The Kier molecular flexibility index (Phi) is 4.17. The third-order valence-corrected chi connectivity index (χ3v) is 4.15. The first-order chi connectivity index (χ1) is 10.1. The number of rotatable bonds is 5. The number of hydrogen-bond donors (Lipinski definition) is 1. The number of hydrogen-bond acceptors (Lipinski definition) is 3. The van der Waals surface area contributed by atoms with Gasteiger partial charge < -0.3 is 9.88 Å². The largest absolute Gasteiger partial charge is 0.354 e. The molecule has 0 bridgehead atoms. The van der Waals surface area contributed by atoms with Crippen molar-refractivity contribution >= 4 is 44.6 Å². The van der Waals surface area contributed by atoms with Crippen LogP contribution in [-0.2, 0) is 11.3 Å². The maximum atomic E-state index is 11.7. The van der Waals surface area contributed by atoms with Crippen molar-refractivity contribution in [2.75, 3.05) is 6.54 Å². The molecule has 0 aliphatic heterocycles. The number of fused-ring (bicyclic) bond motifs is 1. The van der Waals surface area contributed by atoms with E-state index in [1.54, 1.807) is 6.20 Å². The van der Waals surface area contributed by atoms with Gasteiger partial charge in [0, 0.05) is 29.7 Å². The molecule has 21 heavy (non-hydrogen) atoms. The van der Waals surface area contributed by atoms with Crippen LogP contribution in [0.4, 0.5) is 0 Å². The molecule has 112 valence electrons. The fraction of sp³-hybridized carbons (Fsp3) is 0.500. The van der Waals surface area contributed by atoms with Crippen LogP contribution in [0, 0.1) is 5.92 Å². The summed E-state index contributed by atoms with van der Waals surface area (Å²) in [6.07, 6.45) is 3.77. The third kappa shape index (κ3) is 3.21. The molecule has 0 spiro atoms. The van der Waals surface area contributed by atoms with Crippen molar-refractivity contribution in [1.82, 2.24) is 19.9 Å². The Bertz CT molecular complexity index is 681. The molecule has 2 aromatic heterocycles. The number of carbonyl (C=O) groups excluding carboxylic acids is 1. The fourth-order valence-electron chi connectivity index (χ4n) is 2.31. The van der Waals surface area contributed by atoms with E-state index in [0.717, 1.165) is 34.3 Å². The number of pyridine rings is 1. The van der Waals surface area contributed by atoms with Crippen LogP contribution in [0.15, 0.2) is 16.7 Å². The van der Waals surface area contributed by atoms with Crippen LogP contribution in [0.2, 0.25) is 0 Å². The molecule has 0 saturated heterocycles. The quantitative estimate of drug-likeness (QED) is 0.822. The third-order valence-electron chi connectivity index (χ3n) is 3.52. The summed E-state index contributed by atoms with van der Waals surface area (Å²) in [5.74, 6) is 1.15. The highest BCUT2D eigenvalue weighted by Crippen LogP contribution is 2.29. The monoisotopic (exact) mass is 370 g/mol. The Labute approximate surface area is 136 Å². The summed E-state index contributed by atoms with van der Waals surface area (Å²) in [7, 11) is 0. The van der Waals surface area contributed by atoms with Crippen LogP contribution in [0.5, 0.6) is 0 Å². The minimum absolute atomic E-state index is 0.149. The zero-order valence-electron chi connectivity index (χ0n) is 11.6. The zero-order chi connectivity index (χ0) is 15.0. The Morgan fingerprint density at radius 3 is 3.05 bits per heavy atom. The lowest BCUT2D eigenvalue weighted by Crippen LogP contribution is -2.28. The highest BCUT2D eigenvalue weighted by atomic mass is 79.9. The van der Waals surface area contributed by atoms with E-state index in [1.807, 2.05) is 17.6 Å². The molecule has 1 atom stereocenters. The Hall–Kier alpha value is -1.14. The first kappa shape index (κ1) is 14.8. The van der Waals surface area contributed by atoms with Crippen molar-refractivity contribution in [3.8, 4) is 0 Å². The minimum Gasteiger partial charge on any atom is -0.354 e. The van der Waals surface area contributed by atoms with Crippen molar-refractivity contribution in [1.29, 1.82) is 0 Å². The van der Waals surface area contributed by atoms with Gasteiger partial charge in [0.2, 0.25) is 5.91 Å². The van der Waals surface area contributed by atoms with Crippen molar-refractivity contribution in [2.45, 2.75) is 31.7 Å². The topological polar surface area (TPSA) is 59.8 Å². The van der Waals surface area contributed by atoms with Crippen LogP contribution in [0.1, 0.15) is 31.0 Å². The average Bonchev–Trinajstić information content (AvgIpc) is 3.22. The molecule has 1 aliphatic rings. The molecule has 1 N–H and O–H groups in total. The van der Waals surface area contributed by atoms with Crippen molar-refractivity contribution in [3.63, 3.8) is 0 Å². The van der Waals surface area contributed by atoms with Gasteiger partial charge >= 0.3 is 0 Å². The number of aromatic nitrogens is 3. The standard InChI is InChI=1S/C14H16BrClN4O/c1-8(16)12-19-11-6-10(15)7-18-13(11)20(12)5-4-17-14(21)9-2-3-9/h6-9H,2-5H2,1H3,(H,17,21).